The minimum absolute atomic E-state index is 0.00445. The van der Waals surface area contributed by atoms with Gasteiger partial charge in [0.2, 0.25) is 11.7 Å². The van der Waals surface area contributed by atoms with Gasteiger partial charge < -0.3 is 19.1 Å². The van der Waals surface area contributed by atoms with Gasteiger partial charge in [0, 0.05) is 50.0 Å². The van der Waals surface area contributed by atoms with Crippen LogP contribution in [-0.2, 0) is 4.79 Å². The highest BCUT2D eigenvalue weighted by atomic mass is 16.3. The summed E-state index contributed by atoms with van der Waals surface area (Å²) >= 11 is 0. The van der Waals surface area contributed by atoms with Crippen molar-refractivity contribution >= 4 is 11.8 Å². The van der Waals surface area contributed by atoms with Crippen LogP contribution in [0.3, 0.4) is 0 Å². The van der Waals surface area contributed by atoms with E-state index >= 15 is 0 Å². The first-order valence-corrected chi connectivity index (χ1v) is 8.86. The van der Waals surface area contributed by atoms with Gasteiger partial charge in [-0.3, -0.25) is 9.59 Å². The lowest BCUT2D eigenvalue weighted by Gasteiger charge is -2.32. The molecule has 7 heteroatoms. The fraction of sp³-hybridized carbons (Fsp3) is 0.722. The molecule has 2 atom stereocenters. The standard InChI is InChI=1S/C18H28N4O3/c1-12(2)16(23)21-6-14-7-22(10-18(14,9-21)8-20(4)5)17(24)15-13(3)19-11-25-15/h11-12,14H,6-10H2,1-5H3/t14-,18+/m1/s1. The van der Waals surface area contributed by atoms with Crippen molar-refractivity contribution in [2.75, 3.05) is 46.8 Å². The third-order valence-electron chi connectivity index (χ3n) is 5.42. The zero-order valence-corrected chi connectivity index (χ0v) is 15.8. The summed E-state index contributed by atoms with van der Waals surface area (Å²) in [6, 6.07) is 0. The van der Waals surface area contributed by atoms with Crippen LogP contribution in [0, 0.1) is 24.2 Å². The zero-order valence-electron chi connectivity index (χ0n) is 15.8. The summed E-state index contributed by atoms with van der Waals surface area (Å²) in [6.07, 6.45) is 1.32. The number of rotatable bonds is 4. The summed E-state index contributed by atoms with van der Waals surface area (Å²) in [6.45, 7) is 9.28. The molecule has 0 aliphatic carbocycles. The summed E-state index contributed by atoms with van der Waals surface area (Å²) < 4.78 is 5.29. The van der Waals surface area contributed by atoms with Gasteiger partial charge in [-0.25, -0.2) is 4.98 Å². The maximum absolute atomic E-state index is 12.8. The summed E-state index contributed by atoms with van der Waals surface area (Å²) in [4.78, 5) is 35.3. The van der Waals surface area contributed by atoms with E-state index < -0.39 is 0 Å². The molecular formula is C18H28N4O3. The molecular weight excluding hydrogens is 320 g/mol. The second kappa shape index (κ2) is 6.44. The number of aryl methyl sites for hydroxylation is 1. The van der Waals surface area contributed by atoms with Gasteiger partial charge in [0.1, 0.15) is 0 Å². The number of amides is 2. The van der Waals surface area contributed by atoms with Crippen LogP contribution in [0.15, 0.2) is 10.8 Å². The largest absolute Gasteiger partial charge is 0.438 e. The van der Waals surface area contributed by atoms with Gasteiger partial charge in [0.05, 0.1) is 5.69 Å². The summed E-state index contributed by atoms with van der Waals surface area (Å²) in [5.41, 5.74) is 0.554. The van der Waals surface area contributed by atoms with E-state index in [2.05, 4.69) is 9.88 Å². The second-order valence-electron chi connectivity index (χ2n) is 8.12. The first-order valence-electron chi connectivity index (χ1n) is 8.86. The number of fused-ring (bicyclic) bond motifs is 1. The van der Waals surface area contributed by atoms with Crippen molar-refractivity contribution in [3.8, 4) is 0 Å². The molecule has 0 saturated carbocycles. The van der Waals surface area contributed by atoms with E-state index in [1.807, 2.05) is 37.7 Å². The van der Waals surface area contributed by atoms with Crippen LogP contribution in [-0.4, -0.2) is 78.3 Å². The molecule has 1 aromatic heterocycles. The lowest BCUT2D eigenvalue weighted by molar-refractivity contribution is -0.134. The molecule has 1 aromatic rings. The second-order valence-corrected chi connectivity index (χ2v) is 8.12. The van der Waals surface area contributed by atoms with E-state index in [0.29, 0.717) is 37.0 Å². The first kappa shape index (κ1) is 17.9. The molecule has 0 radical (unpaired) electrons. The molecule has 0 spiro atoms. The van der Waals surface area contributed by atoms with Gasteiger partial charge in [-0.1, -0.05) is 13.8 Å². The van der Waals surface area contributed by atoms with Crippen LogP contribution in [0.25, 0.3) is 0 Å². The number of carbonyl (C=O) groups is 2. The molecule has 0 bridgehead atoms. The van der Waals surface area contributed by atoms with Gasteiger partial charge >= 0.3 is 0 Å². The van der Waals surface area contributed by atoms with Crippen molar-refractivity contribution in [2.24, 2.45) is 17.3 Å². The Labute approximate surface area is 149 Å². The third kappa shape index (κ3) is 3.17. The van der Waals surface area contributed by atoms with Crippen molar-refractivity contribution in [1.82, 2.24) is 19.7 Å². The molecule has 25 heavy (non-hydrogen) atoms. The van der Waals surface area contributed by atoms with Crippen LogP contribution in [0.1, 0.15) is 30.1 Å². The predicted molar refractivity (Wildman–Crippen MR) is 93.0 cm³/mol. The normalized spacial score (nSPS) is 26.0. The Morgan fingerprint density at radius 1 is 1.32 bits per heavy atom. The summed E-state index contributed by atoms with van der Waals surface area (Å²) in [5.74, 6) is 0.741. The Bertz CT molecular complexity index is 669. The monoisotopic (exact) mass is 348 g/mol. The molecule has 2 aliphatic heterocycles. The first-order chi connectivity index (χ1) is 11.7. The number of oxazole rings is 1. The molecule has 0 aromatic carbocycles. The third-order valence-corrected chi connectivity index (χ3v) is 5.42. The van der Waals surface area contributed by atoms with Gasteiger partial charge in [-0.2, -0.15) is 0 Å². The Morgan fingerprint density at radius 2 is 1.96 bits per heavy atom. The molecule has 3 rings (SSSR count). The SMILES string of the molecule is Cc1ncoc1C(=O)N1C[C@H]2CN(C(=O)C(C)C)C[C@@]2(CN(C)C)C1. The number of carbonyl (C=O) groups excluding carboxylic acids is 2. The number of hydrogen-bond donors (Lipinski definition) is 0. The Morgan fingerprint density at radius 3 is 2.52 bits per heavy atom. The molecule has 2 amide bonds. The smallest absolute Gasteiger partial charge is 0.291 e. The minimum Gasteiger partial charge on any atom is -0.438 e. The molecule has 0 N–H and O–H groups in total. The van der Waals surface area contributed by atoms with E-state index in [1.165, 1.54) is 6.39 Å². The highest BCUT2D eigenvalue weighted by Crippen LogP contribution is 2.43. The summed E-state index contributed by atoms with van der Waals surface area (Å²) in [7, 11) is 4.09. The maximum atomic E-state index is 12.8. The fourth-order valence-corrected chi connectivity index (χ4v) is 4.37. The molecule has 0 unspecified atom stereocenters. The maximum Gasteiger partial charge on any atom is 0.291 e. The molecule has 2 aliphatic rings. The number of hydrogen-bond acceptors (Lipinski definition) is 5. The van der Waals surface area contributed by atoms with E-state index in [9.17, 15) is 9.59 Å². The summed E-state index contributed by atoms with van der Waals surface area (Å²) in [5, 5.41) is 0. The zero-order chi connectivity index (χ0) is 18.4. The Kier molecular flexibility index (Phi) is 4.62. The van der Waals surface area contributed by atoms with E-state index in [0.717, 1.165) is 13.1 Å². The highest BCUT2D eigenvalue weighted by Gasteiger charge is 2.55. The number of aromatic nitrogens is 1. The molecule has 7 nitrogen and oxygen atoms in total. The van der Waals surface area contributed by atoms with Gasteiger partial charge in [0.15, 0.2) is 6.39 Å². The fourth-order valence-electron chi connectivity index (χ4n) is 4.37. The molecule has 3 heterocycles. The topological polar surface area (TPSA) is 69.9 Å². The van der Waals surface area contributed by atoms with Crippen molar-refractivity contribution in [3.05, 3.63) is 17.8 Å². The van der Waals surface area contributed by atoms with Crippen molar-refractivity contribution in [2.45, 2.75) is 20.8 Å². The van der Waals surface area contributed by atoms with Gasteiger partial charge in [0.25, 0.3) is 5.91 Å². The Hall–Kier alpha value is -1.89. The van der Waals surface area contributed by atoms with E-state index in [-0.39, 0.29) is 23.1 Å². The molecule has 2 fully saturated rings. The quantitative estimate of drug-likeness (QED) is 0.815. The van der Waals surface area contributed by atoms with Gasteiger partial charge in [-0.05, 0) is 21.0 Å². The average molecular weight is 348 g/mol. The van der Waals surface area contributed by atoms with Crippen molar-refractivity contribution < 1.29 is 14.0 Å². The van der Waals surface area contributed by atoms with Gasteiger partial charge in [-0.15, -0.1) is 0 Å². The predicted octanol–water partition coefficient (Wildman–Crippen LogP) is 1.10. The van der Waals surface area contributed by atoms with Crippen LogP contribution >= 0.6 is 0 Å². The lowest BCUT2D eigenvalue weighted by Crippen LogP contribution is -2.44. The highest BCUT2D eigenvalue weighted by molar-refractivity contribution is 5.92. The number of likely N-dealkylation sites (tertiary alicyclic amines) is 2. The molecule has 2 saturated heterocycles. The Balaban J connectivity index is 1.80. The molecule has 138 valence electrons. The van der Waals surface area contributed by atoms with Crippen LogP contribution in [0.5, 0.6) is 0 Å². The van der Waals surface area contributed by atoms with E-state index in [1.54, 1.807) is 6.92 Å². The van der Waals surface area contributed by atoms with E-state index in [4.69, 9.17) is 4.42 Å². The van der Waals surface area contributed by atoms with Crippen LogP contribution in [0.2, 0.25) is 0 Å². The van der Waals surface area contributed by atoms with Crippen LogP contribution < -0.4 is 0 Å². The average Bonchev–Trinajstić information content (AvgIpc) is 3.16. The lowest BCUT2D eigenvalue weighted by atomic mass is 9.80. The minimum atomic E-state index is -0.0933. The van der Waals surface area contributed by atoms with Crippen LogP contribution in [0.4, 0.5) is 0 Å². The van der Waals surface area contributed by atoms with Crippen molar-refractivity contribution in [3.63, 3.8) is 0 Å². The van der Waals surface area contributed by atoms with Crippen molar-refractivity contribution in [1.29, 1.82) is 0 Å². The number of nitrogens with zero attached hydrogens (tertiary/aromatic N) is 4.